The van der Waals surface area contributed by atoms with E-state index in [4.69, 9.17) is 0 Å². The molecule has 0 N–H and O–H groups in total. The Morgan fingerprint density at radius 2 is 1.77 bits per heavy atom. The lowest BCUT2D eigenvalue weighted by atomic mass is 9.93. The minimum Gasteiger partial charge on any atom is -0.342 e. The number of halogens is 1. The van der Waals surface area contributed by atoms with Gasteiger partial charge in [-0.05, 0) is 49.3 Å². The van der Waals surface area contributed by atoms with Crippen LogP contribution >= 0.6 is 15.9 Å². The molecule has 1 aromatic carbocycles. The van der Waals surface area contributed by atoms with Gasteiger partial charge >= 0.3 is 0 Å². The van der Waals surface area contributed by atoms with Crippen LogP contribution in [0, 0.1) is 11.8 Å². The maximum Gasteiger partial charge on any atom is 0.225 e. The fourth-order valence-corrected chi connectivity index (χ4v) is 5.79. The van der Waals surface area contributed by atoms with Crippen molar-refractivity contribution < 1.29 is 13.2 Å². The van der Waals surface area contributed by atoms with E-state index in [0.29, 0.717) is 31.8 Å². The summed E-state index contributed by atoms with van der Waals surface area (Å²) in [5.41, 5.74) is 0.778. The van der Waals surface area contributed by atoms with E-state index in [1.165, 1.54) is 0 Å². The molecule has 2 fully saturated rings. The number of nitrogens with zero attached hydrogens (tertiary/aromatic N) is 2. The second-order valence-electron chi connectivity index (χ2n) is 7.57. The summed E-state index contributed by atoms with van der Waals surface area (Å²) in [6.45, 7) is 4.81. The van der Waals surface area contributed by atoms with Crippen molar-refractivity contribution in [1.29, 1.82) is 0 Å². The molecule has 0 spiro atoms. The molecular weight excluding hydrogens is 416 g/mol. The van der Waals surface area contributed by atoms with E-state index >= 15 is 0 Å². The highest BCUT2D eigenvalue weighted by atomic mass is 79.9. The molecule has 0 atom stereocenters. The molecule has 0 aromatic heterocycles. The number of carbonyl (C=O) groups is 1. The van der Waals surface area contributed by atoms with Crippen LogP contribution in [-0.2, 0) is 20.6 Å². The lowest BCUT2D eigenvalue weighted by Crippen LogP contribution is -2.46. The van der Waals surface area contributed by atoms with Gasteiger partial charge in [-0.2, -0.15) is 0 Å². The van der Waals surface area contributed by atoms with E-state index in [9.17, 15) is 13.2 Å². The third kappa shape index (κ3) is 4.87. The monoisotopic (exact) mass is 442 g/mol. The third-order valence-electron chi connectivity index (χ3n) is 5.53. The molecule has 2 saturated heterocycles. The Balaban J connectivity index is 1.55. The highest BCUT2D eigenvalue weighted by Gasteiger charge is 2.33. The first-order valence-electron chi connectivity index (χ1n) is 9.36. The van der Waals surface area contributed by atoms with Gasteiger partial charge < -0.3 is 4.90 Å². The quantitative estimate of drug-likeness (QED) is 0.718. The molecule has 0 unspecified atom stereocenters. The van der Waals surface area contributed by atoms with Gasteiger partial charge in [-0.3, -0.25) is 4.79 Å². The predicted molar refractivity (Wildman–Crippen MR) is 106 cm³/mol. The highest BCUT2D eigenvalue weighted by Crippen LogP contribution is 2.26. The Morgan fingerprint density at radius 3 is 2.38 bits per heavy atom. The average molecular weight is 443 g/mol. The predicted octanol–water partition coefficient (Wildman–Crippen LogP) is 3.25. The number of carbonyl (C=O) groups excluding carboxylic acids is 1. The summed E-state index contributed by atoms with van der Waals surface area (Å²) in [5, 5.41) is 0. The number of hydrogen-bond acceptors (Lipinski definition) is 3. The van der Waals surface area contributed by atoms with Gasteiger partial charge in [0.15, 0.2) is 0 Å². The first kappa shape index (κ1) is 19.8. The van der Waals surface area contributed by atoms with Crippen molar-refractivity contribution in [3.05, 3.63) is 34.3 Å². The molecule has 2 heterocycles. The van der Waals surface area contributed by atoms with Gasteiger partial charge in [0.2, 0.25) is 15.9 Å². The Kier molecular flexibility index (Phi) is 6.41. The van der Waals surface area contributed by atoms with Gasteiger partial charge in [-0.25, -0.2) is 12.7 Å². The summed E-state index contributed by atoms with van der Waals surface area (Å²) in [5.74, 6) is 0.903. The first-order chi connectivity index (χ1) is 12.3. The number of benzene rings is 1. The Bertz CT molecular complexity index is 737. The van der Waals surface area contributed by atoms with Crippen molar-refractivity contribution in [3.63, 3.8) is 0 Å². The van der Waals surface area contributed by atoms with Crippen LogP contribution < -0.4 is 0 Å². The van der Waals surface area contributed by atoms with Gasteiger partial charge in [-0.15, -0.1) is 0 Å². The highest BCUT2D eigenvalue weighted by molar-refractivity contribution is 9.10. The Labute approximate surface area is 164 Å². The van der Waals surface area contributed by atoms with E-state index < -0.39 is 10.0 Å². The van der Waals surface area contributed by atoms with Crippen molar-refractivity contribution in [2.45, 2.75) is 38.4 Å². The van der Waals surface area contributed by atoms with Crippen LogP contribution in [0.25, 0.3) is 0 Å². The van der Waals surface area contributed by atoms with Crippen LogP contribution in [0.5, 0.6) is 0 Å². The first-order valence-corrected chi connectivity index (χ1v) is 11.8. The van der Waals surface area contributed by atoms with Gasteiger partial charge in [0.1, 0.15) is 0 Å². The van der Waals surface area contributed by atoms with Crippen LogP contribution in [0.1, 0.15) is 38.2 Å². The minimum absolute atomic E-state index is 0.00899. The van der Waals surface area contributed by atoms with Crippen molar-refractivity contribution in [3.8, 4) is 0 Å². The summed E-state index contributed by atoms with van der Waals surface area (Å²) in [4.78, 5) is 14.7. The summed E-state index contributed by atoms with van der Waals surface area (Å²) in [7, 11) is -3.35. The zero-order valence-corrected chi connectivity index (χ0v) is 17.6. The third-order valence-corrected chi connectivity index (χ3v) is 7.87. The van der Waals surface area contributed by atoms with Crippen molar-refractivity contribution >= 4 is 31.9 Å². The molecule has 7 heteroatoms. The second-order valence-corrected chi connectivity index (χ2v) is 10.5. The molecule has 26 heavy (non-hydrogen) atoms. The SMILES string of the molecule is CC1CCN(C(=O)C2CCN(S(=O)(=O)Cc3cccc(Br)c3)CC2)CC1. The van der Waals surface area contributed by atoms with E-state index in [0.717, 1.165) is 36.0 Å². The van der Waals surface area contributed by atoms with Crippen LogP contribution in [0.15, 0.2) is 28.7 Å². The molecule has 1 amide bonds. The number of piperidine rings is 2. The molecule has 0 aliphatic carbocycles. The van der Waals surface area contributed by atoms with E-state index in [2.05, 4.69) is 22.9 Å². The zero-order valence-electron chi connectivity index (χ0n) is 15.2. The van der Waals surface area contributed by atoms with E-state index in [1.54, 1.807) is 4.31 Å². The van der Waals surface area contributed by atoms with Gasteiger partial charge in [0.05, 0.1) is 5.75 Å². The van der Waals surface area contributed by atoms with Crippen molar-refractivity contribution in [2.24, 2.45) is 11.8 Å². The zero-order chi connectivity index (χ0) is 18.7. The number of likely N-dealkylation sites (tertiary alicyclic amines) is 1. The lowest BCUT2D eigenvalue weighted by molar-refractivity contribution is -0.138. The molecule has 3 rings (SSSR count). The van der Waals surface area contributed by atoms with Gasteiger partial charge in [0, 0.05) is 36.6 Å². The molecular formula is C19H27BrN2O3S. The standard InChI is InChI=1S/C19H27BrN2O3S/c1-15-5-9-21(10-6-15)19(23)17-7-11-22(12-8-17)26(24,25)14-16-3-2-4-18(20)13-16/h2-4,13,15,17H,5-12,14H2,1H3. The summed E-state index contributed by atoms with van der Waals surface area (Å²) in [6, 6.07) is 7.40. The van der Waals surface area contributed by atoms with E-state index in [-0.39, 0.29) is 17.6 Å². The van der Waals surface area contributed by atoms with Crippen molar-refractivity contribution in [1.82, 2.24) is 9.21 Å². The Morgan fingerprint density at radius 1 is 1.12 bits per heavy atom. The molecule has 0 saturated carbocycles. The second kappa shape index (κ2) is 8.40. The molecule has 2 aliphatic heterocycles. The molecule has 144 valence electrons. The summed E-state index contributed by atoms with van der Waals surface area (Å²) < 4.78 is 27.8. The maximum atomic E-state index is 12.7. The van der Waals surface area contributed by atoms with Crippen LogP contribution in [0.4, 0.5) is 0 Å². The largest absolute Gasteiger partial charge is 0.342 e. The molecule has 0 bridgehead atoms. The summed E-state index contributed by atoms with van der Waals surface area (Å²) >= 11 is 3.38. The Hall–Kier alpha value is -0.920. The molecule has 1 aromatic rings. The molecule has 0 radical (unpaired) electrons. The number of sulfonamides is 1. The van der Waals surface area contributed by atoms with Gasteiger partial charge in [0.25, 0.3) is 0 Å². The van der Waals surface area contributed by atoms with E-state index in [1.807, 2.05) is 29.2 Å². The smallest absolute Gasteiger partial charge is 0.225 e. The van der Waals surface area contributed by atoms with Crippen LogP contribution in [0.3, 0.4) is 0 Å². The molecule has 5 nitrogen and oxygen atoms in total. The number of rotatable bonds is 4. The fraction of sp³-hybridized carbons (Fsp3) is 0.632. The fourth-order valence-electron chi connectivity index (χ4n) is 3.80. The number of amides is 1. The van der Waals surface area contributed by atoms with Crippen LogP contribution in [0.2, 0.25) is 0 Å². The minimum atomic E-state index is -3.35. The average Bonchev–Trinajstić information content (AvgIpc) is 2.61. The summed E-state index contributed by atoms with van der Waals surface area (Å²) in [6.07, 6.45) is 3.41. The van der Waals surface area contributed by atoms with Crippen molar-refractivity contribution in [2.75, 3.05) is 26.2 Å². The lowest BCUT2D eigenvalue weighted by Gasteiger charge is -2.36. The number of hydrogen-bond donors (Lipinski definition) is 0. The molecule has 2 aliphatic rings. The topological polar surface area (TPSA) is 57.7 Å². The van der Waals surface area contributed by atoms with Crippen LogP contribution in [-0.4, -0.2) is 49.7 Å². The van der Waals surface area contributed by atoms with Gasteiger partial charge in [-0.1, -0.05) is 35.0 Å². The normalized spacial score (nSPS) is 21.1. The maximum absolute atomic E-state index is 12.7.